The van der Waals surface area contributed by atoms with Crippen LogP contribution in [0.15, 0.2) is 16.5 Å². The molecule has 26 heavy (non-hydrogen) atoms. The smallest absolute Gasteiger partial charge is 0.287 e. The van der Waals surface area contributed by atoms with E-state index in [1.165, 1.54) is 25.7 Å². The summed E-state index contributed by atoms with van der Waals surface area (Å²) in [6.45, 7) is 7.31. The first-order valence-electron chi connectivity index (χ1n) is 10.2. The van der Waals surface area contributed by atoms with Gasteiger partial charge in [0, 0.05) is 25.2 Å². The number of carbonyl (C=O) groups excluding carboxylic acids is 1. The number of hydrogen-bond acceptors (Lipinski definition) is 5. The average Bonchev–Trinajstić information content (AvgIpc) is 3.43. The molecule has 1 aromatic heterocycles. The van der Waals surface area contributed by atoms with Gasteiger partial charge in [0.25, 0.3) is 5.91 Å². The van der Waals surface area contributed by atoms with Crippen molar-refractivity contribution in [1.29, 1.82) is 0 Å². The largest absolute Gasteiger partial charge is 0.455 e. The summed E-state index contributed by atoms with van der Waals surface area (Å²) in [6, 6.07) is 3.76. The molecule has 144 valence electrons. The quantitative estimate of drug-likeness (QED) is 0.842. The molecule has 0 aromatic carbocycles. The Morgan fingerprint density at radius 2 is 1.77 bits per heavy atom. The van der Waals surface area contributed by atoms with Crippen LogP contribution in [0.1, 0.15) is 54.8 Å². The number of rotatable bonds is 6. The van der Waals surface area contributed by atoms with Gasteiger partial charge >= 0.3 is 0 Å². The number of carbonyl (C=O) groups is 1. The highest BCUT2D eigenvalue weighted by Gasteiger charge is 2.40. The monoisotopic (exact) mass is 361 g/mol. The molecular weight excluding hydrogens is 330 g/mol. The van der Waals surface area contributed by atoms with Crippen molar-refractivity contribution in [2.75, 3.05) is 45.9 Å². The minimum absolute atomic E-state index is 0.0859. The molecule has 0 atom stereocenters. The van der Waals surface area contributed by atoms with Crippen LogP contribution in [-0.2, 0) is 11.3 Å². The van der Waals surface area contributed by atoms with E-state index in [0.717, 1.165) is 64.5 Å². The number of likely N-dealkylation sites (tertiary alicyclic amines) is 1. The molecule has 3 aliphatic rings. The molecular formula is C20H31N3O3. The van der Waals surface area contributed by atoms with E-state index in [-0.39, 0.29) is 11.4 Å². The number of amides is 1. The second-order valence-electron chi connectivity index (χ2n) is 7.96. The predicted molar refractivity (Wildman–Crippen MR) is 99.1 cm³/mol. The van der Waals surface area contributed by atoms with Crippen molar-refractivity contribution in [2.24, 2.45) is 0 Å². The molecule has 3 heterocycles. The Morgan fingerprint density at radius 3 is 2.50 bits per heavy atom. The van der Waals surface area contributed by atoms with E-state index in [1.807, 2.05) is 12.1 Å². The molecule has 6 heteroatoms. The molecule has 1 amide bonds. The van der Waals surface area contributed by atoms with Crippen molar-refractivity contribution in [1.82, 2.24) is 15.1 Å². The fraction of sp³-hybridized carbons (Fsp3) is 0.750. The first-order valence-corrected chi connectivity index (χ1v) is 10.2. The average molecular weight is 361 g/mol. The number of furan rings is 1. The fourth-order valence-electron chi connectivity index (χ4n) is 4.75. The van der Waals surface area contributed by atoms with Crippen LogP contribution in [0.4, 0.5) is 0 Å². The number of nitrogens with one attached hydrogen (secondary N) is 1. The molecule has 0 spiro atoms. The summed E-state index contributed by atoms with van der Waals surface area (Å²) in [5, 5.41) is 3.16. The second-order valence-corrected chi connectivity index (χ2v) is 7.96. The van der Waals surface area contributed by atoms with Gasteiger partial charge in [-0.15, -0.1) is 0 Å². The summed E-state index contributed by atoms with van der Waals surface area (Å²) in [4.78, 5) is 17.5. The van der Waals surface area contributed by atoms with Crippen LogP contribution in [0.2, 0.25) is 0 Å². The molecule has 2 saturated heterocycles. The third-order valence-electron chi connectivity index (χ3n) is 6.26. The lowest BCUT2D eigenvalue weighted by Crippen LogP contribution is -2.57. The summed E-state index contributed by atoms with van der Waals surface area (Å²) < 4.78 is 11.3. The van der Waals surface area contributed by atoms with Crippen molar-refractivity contribution < 1.29 is 13.9 Å². The molecule has 0 unspecified atom stereocenters. The van der Waals surface area contributed by atoms with Gasteiger partial charge in [0.15, 0.2) is 5.76 Å². The lowest BCUT2D eigenvalue weighted by molar-refractivity contribution is -0.0199. The molecule has 2 aliphatic heterocycles. The van der Waals surface area contributed by atoms with Crippen LogP contribution < -0.4 is 5.32 Å². The van der Waals surface area contributed by atoms with Crippen molar-refractivity contribution in [2.45, 2.75) is 50.6 Å². The van der Waals surface area contributed by atoms with Gasteiger partial charge in [0.1, 0.15) is 5.76 Å². The zero-order valence-electron chi connectivity index (χ0n) is 15.7. The minimum Gasteiger partial charge on any atom is -0.455 e. The van der Waals surface area contributed by atoms with Gasteiger partial charge in [-0.3, -0.25) is 14.6 Å². The Bertz CT molecular complexity index is 597. The summed E-state index contributed by atoms with van der Waals surface area (Å²) in [7, 11) is 0. The minimum atomic E-state index is -0.0859. The van der Waals surface area contributed by atoms with Crippen LogP contribution in [0.25, 0.3) is 0 Å². The number of ether oxygens (including phenoxy) is 1. The van der Waals surface area contributed by atoms with Crippen LogP contribution in [-0.4, -0.2) is 67.2 Å². The van der Waals surface area contributed by atoms with Gasteiger partial charge in [0.2, 0.25) is 0 Å². The standard InChI is InChI=1S/C20H31N3O3/c24-19(18-6-5-17(26-18)15-22-9-3-4-10-22)21-16-20(7-1-2-8-20)23-11-13-25-14-12-23/h5-6H,1-4,7-16H2,(H,21,24). The van der Waals surface area contributed by atoms with Crippen molar-refractivity contribution in [3.63, 3.8) is 0 Å². The van der Waals surface area contributed by atoms with Gasteiger partial charge in [-0.25, -0.2) is 0 Å². The van der Waals surface area contributed by atoms with E-state index in [2.05, 4.69) is 15.1 Å². The van der Waals surface area contributed by atoms with E-state index in [4.69, 9.17) is 9.15 Å². The maximum Gasteiger partial charge on any atom is 0.287 e. The Labute approximate surface area is 155 Å². The number of morpholine rings is 1. The molecule has 1 aliphatic carbocycles. The van der Waals surface area contributed by atoms with Gasteiger partial charge < -0.3 is 14.5 Å². The normalized spacial score (nSPS) is 24.2. The Hall–Kier alpha value is -1.37. The Balaban J connectivity index is 1.34. The highest BCUT2D eigenvalue weighted by molar-refractivity contribution is 5.91. The first-order chi connectivity index (χ1) is 12.8. The van der Waals surface area contributed by atoms with E-state index < -0.39 is 0 Å². The van der Waals surface area contributed by atoms with Crippen LogP contribution >= 0.6 is 0 Å². The van der Waals surface area contributed by atoms with E-state index >= 15 is 0 Å². The summed E-state index contributed by atoms with van der Waals surface area (Å²) in [5.74, 6) is 1.24. The van der Waals surface area contributed by atoms with Crippen molar-refractivity contribution in [3.05, 3.63) is 23.7 Å². The van der Waals surface area contributed by atoms with Gasteiger partial charge in [0.05, 0.1) is 19.8 Å². The second kappa shape index (κ2) is 8.11. The zero-order chi connectivity index (χ0) is 17.8. The van der Waals surface area contributed by atoms with Gasteiger partial charge in [-0.1, -0.05) is 12.8 Å². The molecule has 3 fully saturated rings. The highest BCUT2D eigenvalue weighted by atomic mass is 16.5. The number of hydrogen-bond donors (Lipinski definition) is 1. The molecule has 4 rings (SSSR count). The third kappa shape index (κ3) is 3.97. The lowest BCUT2D eigenvalue weighted by Gasteiger charge is -2.43. The summed E-state index contributed by atoms with van der Waals surface area (Å²) in [5.41, 5.74) is 0.102. The topological polar surface area (TPSA) is 58.0 Å². The maximum atomic E-state index is 12.6. The third-order valence-corrected chi connectivity index (χ3v) is 6.26. The number of nitrogens with zero attached hydrogens (tertiary/aromatic N) is 2. The van der Waals surface area contributed by atoms with Gasteiger partial charge in [-0.05, 0) is 50.9 Å². The molecule has 1 aromatic rings. The van der Waals surface area contributed by atoms with Crippen LogP contribution in [0.3, 0.4) is 0 Å². The van der Waals surface area contributed by atoms with Crippen LogP contribution in [0, 0.1) is 0 Å². The lowest BCUT2D eigenvalue weighted by atomic mass is 9.94. The van der Waals surface area contributed by atoms with E-state index in [1.54, 1.807) is 0 Å². The fourth-order valence-corrected chi connectivity index (χ4v) is 4.75. The molecule has 1 saturated carbocycles. The van der Waals surface area contributed by atoms with Gasteiger partial charge in [-0.2, -0.15) is 0 Å². The van der Waals surface area contributed by atoms with Crippen LogP contribution in [0.5, 0.6) is 0 Å². The maximum absolute atomic E-state index is 12.6. The van der Waals surface area contributed by atoms with Crippen molar-refractivity contribution in [3.8, 4) is 0 Å². The van der Waals surface area contributed by atoms with E-state index in [9.17, 15) is 4.79 Å². The van der Waals surface area contributed by atoms with E-state index in [0.29, 0.717) is 12.3 Å². The van der Waals surface area contributed by atoms with Crippen molar-refractivity contribution >= 4 is 5.91 Å². The highest BCUT2D eigenvalue weighted by Crippen LogP contribution is 2.35. The molecule has 6 nitrogen and oxygen atoms in total. The molecule has 1 N–H and O–H groups in total. The Morgan fingerprint density at radius 1 is 1.04 bits per heavy atom. The molecule has 0 radical (unpaired) electrons. The Kier molecular flexibility index (Phi) is 5.62. The predicted octanol–water partition coefficient (Wildman–Crippen LogP) is 2.25. The first kappa shape index (κ1) is 18.0. The summed E-state index contributed by atoms with van der Waals surface area (Å²) in [6.07, 6.45) is 7.33. The molecule has 0 bridgehead atoms. The SMILES string of the molecule is O=C(NCC1(N2CCOCC2)CCCC1)c1ccc(CN2CCCC2)o1. The zero-order valence-corrected chi connectivity index (χ0v) is 15.7. The summed E-state index contributed by atoms with van der Waals surface area (Å²) >= 11 is 0.